The van der Waals surface area contributed by atoms with E-state index in [9.17, 15) is 4.79 Å². The van der Waals surface area contributed by atoms with Crippen LogP contribution in [0.1, 0.15) is 19.8 Å². The highest BCUT2D eigenvalue weighted by molar-refractivity contribution is 9.11. The summed E-state index contributed by atoms with van der Waals surface area (Å²) in [5, 5.41) is 0. The zero-order chi connectivity index (χ0) is 10.6. The van der Waals surface area contributed by atoms with Crippen LogP contribution in [0.3, 0.4) is 0 Å². The molecule has 0 aliphatic carbocycles. The van der Waals surface area contributed by atoms with Gasteiger partial charge in [0.05, 0.1) is 0 Å². The number of rotatable bonds is 1. The molecule has 1 unspecified atom stereocenters. The molecule has 1 atom stereocenters. The third-order valence-electron chi connectivity index (χ3n) is 2.28. The molecule has 1 aliphatic rings. The summed E-state index contributed by atoms with van der Waals surface area (Å²) >= 11 is 3.19. The van der Waals surface area contributed by atoms with Crippen molar-refractivity contribution in [1.29, 1.82) is 0 Å². The van der Waals surface area contributed by atoms with Crippen molar-refractivity contribution in [3.8, 4) is 0 Å². The van der Waals surface area contributed by atoms with Gasteiger partial charge in [-0.15, -0.1) is 0 Å². The number of amides is 1. The highest BCUT2D eigenvalue weighted by Crippen LogP contribution is 2.19. The van der Waals surface area contributed by atoms with Gasteiger partial charge in [0, 0.05) is 31.6 Å². The van der Waals surface area contributed by atoms with Crippen molar-refractivity contribution in [3.63, 3.8) is 0 Å². The lowest BCUT2D eigenvalue weighted by molar-refractivity contribution is -0.127. The predicted molar refractivity (Wildman–Crippen MR) is 60.7 cm³/mol. The summed E-state index contributed by atoms with van der Waals surface area (Å²) < 4.78 is 0. The van der Waals surface area contributed by atoms with Gasteiger partial charge in [0.15, 0.2) is 0 Å². The Morgan fingerprint density at radius 1 is 1.71 bits per heavy atom. The minimum Gasteiger partial charge on any atom is -0.327 e. The van der Waals surface area contributed by atoms with Crippen LogP contribution in [0, 0.1) is 0 Å². The van der Waals surface area contributed by atoms with Crippen molar-refractivity contribution >= 4 is 21.8 Å². The summed E-state index contributed by atoms with van der Waals surface area (Å²) in [6.45, 7) is 2.32. The number of halogens is 1. The Bertz CT molecular complexity index is 273. The Morgan fingerprint density at radius 3 is 3.00 bits per heavy atom. The normalized spacial score (nSPS) is 26.1. The lowest BCUT2D eigenvalue weighted by atomic mass is 10.0. The van der Waals surface area contributed by atoms with Gasteiger partial charge in [0.2, 0.25) is 5.91 Å². The Balaban J connectivity index is 2.78. The molecule has 14 heavy (non-hydrogen) atoms. The Hall–Kier alpha value is -0.610. The molecule has 0 aromatic carbocycles. The second-order valence-electron chi connectivity index (χ2n) is 3.40. The Labute approximate surface area is 92.8 Å². The molecule has 1 fully saturated rings. The highest BCUT2D eigenvalue weighted by atomic mass is 79.9. The molecule has 0 spiro atoms. The molecule has 3 nitrogen and oxygen atoms in total. The van der Waals surface area contributed by atoms with Gasteiger partial charge in [-0.2, -0.15) is 0 Å². The fourth-order valence-corrected chi connectivity index (χ4v) is 1.74. The maximum Gasteiger partial charge on any atom is 0.223 e. The summed E-state index contributed by atoms with van der Waals surface area (Å²) in [6.07, 6.45) is 5.45. The fraction of sp³-hybridized carbons (Fsp3) is 0.500. The molecule has 0 aromatic rings. The number of carbonyl (C=O) groups is 1. The second-order valence-corrected chi connectivity index (χ2v) is 3.93. The summed E-state index contributed by atoms with van der Waals surface area (Å²) in [5.41, 5.74) is 6.85. The van der Waals surface area contributed by atoms with Gasteiger partial charge in [-0.1, -0.05) is 22.0 Å². The van der Waals surface area contributed by atoms with E-state index in [0.717, 1.165) is 25.1 Å². The highest BCUT2D eigenvalue weighted by Gasteiger charge is 2.22. The summed E-state index contributed by atoms with van der Waals surface area (Å²) in [4.78, 5) is 14.8. The molecule has 0 bridgehead atoms. The van der Waals surface area contributed by atoms with Crippen molar-refractivity contribution in [2.24, 2.45) is 5.73 Å². The maximum atomic E-state index is 11.3. The average Bonchev–Trinajstić information content (AvgIpc) is 2.14. The summed E-state index contributed by atoms with van der Waals surface area (Å²) in [6, 6.07) is 0.181. The molecule has 1 amide bonds. The topological polar surface area (TPSA) is 46.3 Å². The van der Waals surface area contributed by atoms with Crippen LogP contribution in [-0.2, 0) is 4.79 Å². The number of hydrogen-bond acceptors (Lipinski definition) is 2. The minimum absolute atomic E-state index is 0.0890. The molecule has 0 radical (unpaired) electrons. The van der Waals surface area contributed by atoms with Gasteiger partial charge < -0.3 is 10.6 Å². The number of carbonyl (C=O) groups excluding carboxylic acids is 1. The van der Waals surface area contributed by atoms with Crippen LogP contribution >= 0.6 is 15.9 Å². The minimum atomic E-state index is 0.0890. The molecular weight excluding hydrogens is 244 g/mol. The Morgan fingerprint density at radius 2 is 2.43 bits per heavy atom. The standard InChI is InChI=1S/C10H15BrN2O/c1-8(14)13-6-4-9(12)7-10(13)3-2-5-11/h2-3,5,9H,4,6-7,12H2,1H3. The van der Waals surface area contributed by atoms with E-state index in [1.807, 2.05) is 12.2 Å². The van der Waals surface area contributed by atoms with Crippen LogP contribution < -0.4 is 5.73 Å². The molecule has 1 aliphatic heterocycles. The first-order valence-electron chi connectivity index (χ1n) is 4.64. The zero-order valence-corrected chi connectivity index (χ0v) is 9.83. The molecule has 78 valence electrons. The SMILES string of the molecule is CC(=O)N1CCC(N)CC1=CC=CBr. The molecule has 0 aromatic heterocycles. The van der Waals surface area contributed by atoms with Gasteiger partial charge >= 0.3 is 0 Å². The van der Waals surface area contributed by atoms with Crippen molar-refractivity contribution in [2.45, 2.75) is 25.8 Å². The summed E-state index contributed by atoms with van der Waals surface area (Å²) in [5.74, 6) is 0.0890. The van der Waals surface area contributed by atoms with E-state index in [-0.39, 0.29) is 11.9 Å². The van der Waals surface area contributed by atoms with Crippen LogP contribution in [0.2, 0.25) is 0 Å². The van der Waals surface area contributed by atoms with Gasteiger partial charge in [-0.05, 0) is 17.5 Å². The number of allylic oxidation sites excluding steroid dienone is 2. The molecular formula is C10H15BrN2O. The van der Waals surface area contributed by atoms with Crippen molar-refractivity contribution < 1.29 is 4.79 Å². The van der Waals surface area contributed by atoms with E-state index in [4.69, 9.17) is 5.73 Å². The lowest BCUT2D eigenvalue weighted by Gasteiger charge is -2.32. The van der Waals surface area contributed by atoms with Crippen LogP contribution in [0.4, 0.5) is 0 Å². The molecule has 1 rings (SSSR count). The smallest absolute Gasteiger partial charge is 0.223 e. The third-order valence-corrected chi connectivity index (χ3v) is 2.59. The first kappa shape index (κ1) is 11.5. The zero-order valence-electron chi connectivity index (χ0n) is 8.24. The van der Waals surface area contributed by atoms with E-state index in [1.54, 1.807) is 16.8 Å². The summed E-state index contributed by atoms with van der Waals surface area (Å²) in [7, 11) is 0. The second kappa shape index (κ2) is 5.32. The number of nitrogens with zero attached hydrogens (tertiary/aromatic N) is 1. The van der Waals surface area contributed by atoms with Crippen molar-refractivity contribution in [3.05, 3.63) is 22.8 Å². The first-order chi connectivity index (χ1) is 6.65. The quantitative estimate of drug-likeness (QED) is 0.779. The van der Waals surface area contributed by atoms with E-state index < -0.39 is 0 Å². The van der Waals surface area contributed by atoms with Gasteiger partial charge in [-0.25, -0.2) is 0 Å². The molecule has 2 N–H and O–H groups in total. The van der Waals surface area contributed by atoms with Gasteiger partial charge in [-0.3, -0.25) is 4.79 Å². The van der Waals surface area contributed by atoms with E-state index in [1.165, 1.54) is 0 Å². The Kier molecular flexibility index (Phi) is 4.35. The van der Waals surface area contributed by atoms with E-state index in [2.05, 4.69) is 15.9 Å². The molecule has 0 saturated carbocycles. The molecule has 1 heterocycles. The number of piperidine rings is 1. The number of nitrogens with two attached hydrogens (primary N) is 1. The first-order valence-corrected chi connectivity index (χ1v) is 5.56. The van der Waals surface area contributed by atoms with E-state index >= 15 is 0 Å². The monoisotopic (exact) mass is 258 g/mol. The van der Waals surface area contributed by atoms with Crippen LogP contribution in [0.5, 0.6) is 0 Å². The van der Waals surface area contributed by atoms with Crippen LogP contribution in [0.15, 0.2) is 22.8 Å². The lowest BCUT2D eigenvalue weighted by Crippen LogP contribution is -2.40. The van der Waals surface area contributed by atoms with Crippen molar-refractivity contribution in [1.82, 2.24) is 4.90 Å². The number of likely N-dealkylation sites (tertiary alicyclic amines) is 1. The molecule has 4 heteroatoms. The van der Waals surface area contributed by atoms with E-state index in [0.29, 0.717) is 0 Å². The van der Waals surface area contributed by atoms with Crippen LogP contribution in [-0.4, -0.2) is 23.4 Å². The molecule has 1 saturated heterocycles. The number of hydrogen-bond donors (Lipinski definition) is 1. The predicted octanol–water partition coefficient (Wildman–Crippen LogP) is 1.75. The third kappa shape index (κ3) is 2.96. The van der Waals surface area contributed by atoms with Gasteiger partial charge in [0.25, 0.3) is 0 Å². The van der Waals surface area contributed by atoms with Crippen molar-refractivity contribution in [2.75, 3.05) is 6.54 Å². The average molecular weight is 259 g/mol. The largest absolute Gasteiger partial charge is 0.327 e. The van der Waals surface area contributed by atoms with Gasteiger partial charge in [0.1, 0.15) is 0 Å². The van der Waals surface area contributed by atoms with Crippen LogP contribution in [0.25, 0.3) is 0 Å². The maximum absolute atomic E-state index is 11.3. The fourth-order valence-electron chi connectivity index (χ4n) is 1.58.